The summed E-state index contributed by atoms with van der Waals surface area (Å²) in [4.78, 5) is 2.72. The maximum absolute atomic E-state index is 5.94. The largest absolute Gasteiger partial charge is 0.317 e. The molecule has 0 saturated carbocycles. The van der Waals surface area contributed by atoms with E-state index >= 15 is 0 Å². The summed E-state index contributed by atoms with van der Waals surface area (Å²) in [6.07, 6.45) is 5.21. The number of nitrogens with zero attached hydrogens (tertiary/aromatic N) is 1. The molecular formula is C16H25Cl3N2. The van der Waals surface area contributed by atoms with Crippen LogP contribution in [0.1, 0.15) is 24.8 Å². The van der Waals surface area contributed by atoms with Gasteiger partial charge in [0.15, 0.2) is 0 Å². The van der Waals surface area contributed by atoms with Gasteiger partial charge < -0.3 is 5.32 Å². The lowest BCUT2D eigenvalue weighted by molar-refractivity contribution is 0.192. The molecule has 2 aliphatic rings. The van der Waals surface area contributed by atoms with E-state index in [1.165, 1.54) is 57.4 Å². The van der Waals surface area contributed by atoms with Crippen molar-refractivity contribution in [3.8, 4) is 0 Å². The van der Waals surface area contributed by atoms with Gasteiger partial charge in [0, 0.05) is 17.6 Å². The summed E-state index contributed by atoms with van der Waals surface area (Å²) in [5.74, 6) is 0.830. The van der Waals surface area contributed by atoms with E-state index in [4.69, 9.17) is 11.6 Å². The Labute approximate surface area is 145 Å². The number of nitrogens with one attached hydrogen (secondary N) is 1. The van der Waals surface area contributed by atoms with Crippen LogP contribution in [0.25, 0.3) is 0 Å². The molecule has 0 amide bonds. The summed E-state index contributed by atoms with van der Waals surface area (Å²) in [7, 11) is 0. The SMILES string of the molecule is Cl.Cl.Clc1ccc(CC2CCN(C3CCNCC3)C2)cc1. The Bertz CT molecular complexity index is 404. The molecule has 2 nitrogen and oxygen atoms in total. The summed E-state index contributed by atoms with van der Waals surface area (Å²) in [5.41, 5.74) is 1.43. The number of rotatable bonds is 3. The Hall–Kier alpha value is 0.01000. The zero-order valence-electron chi connectivity index (χ0n) is 12.3. The lowest BCUT2D eigenvalue weighted by Gasteiger charge is -2.31. The smallest absolute Gasteiger partial charge is 0.0406 e. The number of piperidine rings is 1. The quantitative estimate of drug-likeness (QED) is 0.891. The standard InChI is InChI=1S/C16H23ClN2.2ClH/c17-15-3-1-13(2-4-15)11-14-7-10-19(12-14)16-5-8-18-9-6-16;;/h1-4,14,16,18H,5-12H2;2*1H. The van der Waals surface area contributed by atoms with Gasteiger partial charge in [-0.05, 0) is 68.9 Å². The van der Waals surface area contributed by atoms with Crippen LogP contribution in [-0.4, -0.2) is 37.1 Å². The molecule has 2 heterocycles. The molecular weight excluding hydrogens is 327 g/mol. The average molecular weight is 352 g/mol. The van der Waals surface area contributed by atoms with Crippen molar-refractivity contribution in [2.24, 2.45) is 5.92 Å². The van der Waals surface area contributed by atoms with E-state index in [1.54, 1.807) is 0 Å². The van der Waals surface area contributed by atoms with Crippen LogP contribution in [0.15, 0.2) is 24.3 Å². The first-order valence-electron chi connectivity index (χ1n) is 7.50. The van der Waals surface area contributed by atoms with Gasteiger partial charge in [0.05, 0.1) is 0 Å². The van der Waals surface area contributed by atoms with Gasteiger partial charge in [0.1, 0.15) is 0 Å². The third kappa shape index (κ3) is 5.30. The van der Waals surface area contributed by atoms with Crippen LogP contribution < -0.4 is 5.32 Å². The number of hydrogen-bond donors (Lipinski definition) is 1. The molecule has 2 aliphatic heterocycles. The van der Waals surface area contributed by atoms with E-state index < -0.39 is 0 Å². The minimum absolute atomic E-state index is 0. The van der Waals surface area contributed by atoms with E-state index in [1.807, 2.05) is 12.1 Å². The van der Waals surface area contributed by atoms with E-state index in [2.05, 4.69) is 22.3 Å². The Kier molecular flexibility index (Phi) is 8.36. The fraction of sp³-hybridized carbons (Fsp3) is 0.625. The fourth-order valence-electron chi connectivity index (χ4n) is 3.49. The first-order chi connectivity index (χ1) is 9.31. The molecule has 0 bridgehead atoms. The Morgan fingerprint density at radius 1 is 1.05 bits per heavy atom. The van der Waals surface area contributed by atoms with Crippen molar-refractivity contribution in [2.45, 2.75) is 31.7 Å². The van der Waals surface area contributed by atoms with Gasteiger partial charge in [-0.3, -0.25) is 4.90 Å². The predicted octanol–water partition coefficient (Wildman–Crippen LogP) is 3.80. The van der Waals surface area contributed by atoms with E-state index in [0.717, 1.165) is 17.0 Å². The third-order valence-electron chi connectivity index (χ3n) is 4.58. The van der Waals surface area contributed by atoms with Gasteiger partial charge in [-0.1, -0.05) is 23.7 Å². The second kappa shape index (κ2) is 9.22. The van der Waals surface area contributed by atoms with Crippen LogP contribution in [-0.2, 0) is 6.42 Å². The number of halogens is 3. The first kappa shape index (κ1) is 19.1. The number of likely N-dealkylation sites (tertiary alicyclic amines) is 1. The van der Waals surface area contributed by atoms with Crippen LogP contribution >= 0.6 is 36.4 Å². The lowest BCUT2D eigenvalue weighted by Crippen LogP contribution is -2.42. The zero-order chi connectivity index (χ0) is 13.1. The molecule has 5 heteroatoms. The van der Waals surface area contributed by atoms with Crippen LogP contribution in [0.3, 0.4) is 0 Å². The van der Waals surface area contributed by atoms with Gasteiger partial charge >= 0.3 is 0 Å². The Morgan fingerprint density at radius 2 is 1.71 bits per heavy atom. The molecule has 0 radical (unpaired) electrons. The Morgan fingerprint density at radius 3 is 2.38 bits per heavy atom. The zero-order valence-corrected chi connectivity index (χ0v) is 14.7. The molecule has 0 aliphatic carbocycles. The van der Waals surface area contributed by atoms with Crippen molar-refractivity contribution >= 4 is 36.4 Å². The van der Waals surface area contributed by atoms with E-state index in [-0.39, 0.29) is 24.8 Å². The second-order valence-electron chi connectivity index (χ2n) is 5.96. The highest BCUT2D eigenvalue weighted by Crippen LogP contribution is 2.25. The summed E-state index contributed by atoms with van der Waals surface area (Å²) in [6.45, 7) is 4.97. The average Bonchev–Trinajstić information content (AvgIpc) is 2.91. The van der Waals surface area contributed by atoms with Gasteiger partial charge in [-0.25, -0.2) is 0 Å². The summed E-state index contributed by atoms with van der Waals surface area (Å²) < 4.78 is 0. The molecule has 1 aromatic carbocycles. The topological polar surface area (TPSA) is 15.3 Å². The molecule has 1 N–H and O–H groups in total. The number of benzene rings is 1. The van der Waals surface area contributed by atoms with Crippen LogP contribution in [0.4, 0.5) is 0 Å². The van der Waals surface area contributed by atoms with Gasteiger partial charge in [0.2, 0.25) is 0 Å². The molecule has 120 valence electrons. The summed E-state index contributed by atoms with van der Waals surface area (Å²) >= 11 is 5.94. The maximum Gasteiger partial charge on any atom is 0.0406 e. The summed E-state index contributed by atoms with van der Waals surface area (Å²) in [6, 6.07) is 9.20. The van der Waals surface area contributed by atoms with Crippen LogP contribution in [0.2, 0.25) is 5.02 Å². The molecule has 1 unspecified atom stereocenters. The molecule has 0 aromatic heterocycles. The van der Waals surface area contributed by atoms with Crippen molar-refractivity contribution < 1.29 is 0 Å². The third-order valence-corrected chi connectivity index (χ3v) is 4.83. The first-order valence-corrected chi connectivity index (χ1v) is 7.88. The van der Waals surface area contributed by atoms with Crippen molar-refractivity contribution in [1.82, 2.24) is 10.2 Å². The molecule has 3 rings (SSSR count). The number of hydrogen-bond acceptors (Lipinski definition) is 2. The van der Waals surface area contributed by atoms with Gasteiger partial charge in [-0.15, -0.1) is 24.8 Å². The van der Waals surface area contributed by atoms with Crippen LogP contribution in [0.5, 0.6) is 0 Å². The minimum Gasteiger partial charge on any atom is -0.317 e. The molecule has 21 heavy (non-hydrogen) atoms. The van der Waals surface area contributed by atoms with Gasteiger partial charge in [0.25, 0.3) is 0 Å². The second-order valence-corrected chi connectivity index (χ2v) is 6.40. The van der Waals surface area contributed by atoms with Crippen molar-refractivity contribution in [2.75, 3.05) is 26.2 Å². The monoisotopic (exact) mass is 350 g/mol. The minimum atomic E-state index is 0. The predicted molar refractivity (Wildman–Crippen MR) is 95.2 cm³/mol. The Balaban J connectivity index is 0.00000110. The fourth-order valence-corrected chi connectivity index (χ4v) is 3.61. The molecule has 0 spiro atoms. The molecule has 2 saturated heterocycles. The van der Waals surface area contributed by atoms with Gasteiger partial charge in [-0.2, -0.15) is 0 Å². The highest BCUT2D eigenvalue weighted by Gasteiger charge is 2.28. The van der Waals surface area contributed by atoms with Crippen LogP contribution in [0, 0.1) is 5.92 Å². The van der Waals surface area contributed by atoms with Crippen molar-refractivity contribution in [3.05, 3.63) is 34.9 Å². The highest BCUT2D eigenvalue weighted by atomic mass is 35.5. The summed E-state index contributed by atoms with van der Waals surface area (Å²) in [5, 5.41) is 4.29. The maximum atomic E-state index is 5.94. The van der Waals surface area contributed by atoms with Crippen molar-refractivity contribution in [1.29, 1.82) is 0 Å². The normalized spacial score (nSPS) is 23.4. The lowest BCUT2D eigenvalue weighted by atomic mass is 9.98. The van der Waals surface area contributed by atoms with E-state index in [9.17, 15) is 0 Å². The van der Waals surface area contributed by atoms with Crippen molar-refractivity contribution in [3.63, 3.8) is 0 Å². The van der Waals surface area contributed by atoms with E-state index in [0.29, 0.717) is 0 Å². The molecule has 1 atom stereocenters. The molecule has 2 fully saturated rings. The molecule has 1 aromatic rings. The highest BCUT2D eigenvalue weighted by molar-refractivity contribution is 6.30.